The summed E-state index contributed by atoms with van der Waals surface area (Å²) in [6, 6.07) is 16.1. The minimum Gasteiger partial charge on any atom is -0.368 e. The Hall–Kier alpha value is -2.46. The summed E-state index contributed by atoms with van der Waals surface area (Å²) in [5.41, 5.74) is 4.41. The third kappa shape index (κ3) is 3.29. The van der Waals surface area contributed by atoms with Crippen molar-refractivity contribution in [3.05, 3.63) is 64.8 Å². The third-order valence-electron chi connectivity index (χ3n) is 5.16. The van der Waals surface area contributed by atoms with Crippen LogP contribution < -0.4 is 4.90 Å². The fourth-order valence-electron chi connectivity index (χ4n) is 3.71. The van der Waals surface area contributed by atoms with Crippen LogP contribution in [0.3, 0.4) is 0 Å². The van der Waals surface area contributed by atoms with E-state index in [0.717, 1.165) is 59.0 Å². The molecule has 1 N–H and O–H groups in total. The van der Waals surface area contributed by atoms with E-state index in [1.54, 1.807) is 0 Å². The van der Waals surface area contributed by atoms with Gasteiger partial charge in [-0.3, -0.25) is 4.79 Å². The number of aryl methyl sites for hydroxylation is 1. The molecule has 4 rings (SSSR count). The Morgan fingerprint density at radius 3 is 2.62 bits per heavy atom. The van der Waals surface area contributed by atoms with Gasteiger partial charge in [-0.15, -0.1) is 0 Å². The highest BCUT2D eigenvalue weighted by Crippen LogP contribution is 2.24. The second-order valence-corrected chi connectivity index (χ2v) is 7.24. The van der Waals surface area contributed by atoms with Crippen LogP contribution in [0.1, 0.15) is 11.3 Å². The lowest BCUT2D eigenvalue weighted by Crippen LogP contribution is -2.49. The van der Waals surface area contributed by atoms with E-state index in [4.69, 9.17) is 11.6 Å². The number of aromatic nitrogens is 1. The summed E-state index contributed by atoms with van der Waals surface area (Å²) in [6.45, 7) is 5.19. The number of nitrogens with zero attached hydrogens (tertiary/aromatic N) is 2. The number of amides is 1. The van der Waals surface area contributed by atoms with Crippen LogP contribution >= 0.6 is 11.6 Å². The summed E-state index contributed by atoms with van der Waals surface area (Å²) in [5, 5.41) is 1.90. The van der Waals surface area contributed by atoms with Crippen molar-refractivity contribution in [3.63, 3.8) is 0 Å². The van der Waals surface area contributed by atoms with Gasteiger partial charge in [0.15, 0.2) is 0 Å². The third-order valence-corrected chi connectivity index (χ3v) is 5.40. The lowest BCUT2D eigenvalue weighted by Gasteiger charge is -2.36. The number of nitrogens with one attached hydrogen (secondary N) is 1. The quantitative estimate of drug-likeness (QED) is 0.759. The summed E-state index contributed by atoms with van der Waals surface area (Å²) in [6.07, 6.45) is 0.451. The SMILES string of the molecule is Cc1[nH]c2ccccc2c1CC(=O)N1CCN(c2cccc(Cl)c2)CC1. The average molecular weight is 368 g/mol. The van der Waals surface area contributed by atoms with Crippen LogP contribution in [-0.2, 0) is 11.2 Å². The summed E-state index contributed by atoms with van der Waals surface area (Å²) in [7, 11) is 0. The average Bonchev–Trinajstić information content (AvgIpc) is 2.97. The number of benzene rings is 2. The Bertz CT molecular complexity index is 941. The fourth-order valence-corrected chi connectivity index (χ4v) is 3.90. The summed E-state index contributed by atoms with van der Waals surface area (Å²) < 4.78 is 0. The van der Waals surface area contributed by atoms with Crippen LogP contribution in [0.25, 0.3) is 10.9 Å². The molecule has 4 nitrogen and oxygen atoms in total. The van der Waals surface area contributed by atoms with Crippen molar-refractivity contribution < 1.29 is 4.79 Å². The van der Waals surface area contributed by atoms with Gasteiger partial charge < -0.3 is 14.8 Å². The van der Waals surface area contributed by atoms with Gasteiger partial charge in [-0.2, -0.15) is 0 Å². The van der Waals surface area contributed by atoms with Crippen molar-refractivity contribution in [2.45, 2.75) is 13.3 Å². The minimum atomic E-state index is 0.198. The highest BCUT2D eigenvalue weighted by Gasteiger charge is 2.23. The van der Waals surface area contributed by atoms with Crippen molar-refractivity contribution in [2.24, 2.45) is 0 Å². The van der Waals surface area contributed by atoms with E-state index in [-0.39, 0.29) is 5.91 Å². The van der Waals surface area contributed by atoms with Gasteiger partial charge in [0.2, 0.25) is 5.91 Å². The van der Waals surface area contributed by atoms with Gasteiger partial charge in [-0.05, 0) is 36.8 Å². The molecule has 0 spiro atoms. The molecule has 2 heterocycles. The second-order valence-electron chi connectivity index (χ2n) is 6.80. The van der Waals surface area contributed by atoms with E-state index in [0.29, 0.717) is 6.42 Å². The number of aromatic amines is 1. The lowest BCUT2D eigenvalue weighted by molar-refractivity contribution is -0.130. The Balaban J connectivity index is 1.43. The number of piperazine rings is 1. The van der Waals surface area contributed by atoms with Gasteiger partial charge in [0, 0.05) is 53.5 Å². The van der Waals surface area contributed by atoms with E-state index in [9.17, 15) is 4.79 Å². The van der Waals surface area contributed by atoms with E-state index < -0.39 is 0 Å². The van der Waals surface area contributed by atoms with Crippen molar-refractivity contribution in [1.29, 1.82) is 0 Å². The molecule has 3 aromatic rings. The van der Waals surface area contributed by atoms with Crippen molar-refractivity contribution in [1.82, 2.24) is 9.88 Å². The normalized spacial score (nSPS) is 14.8. The van der Waals surface area contributed by atoms with Crippen LogP contribution in [0.4, 0.5) is 5.69 Å². The van der Waals surface area contributed by atoms with E-state index in [1.165, 1.54) is 0 Å². The molecule has 1 aromatic heterocycles. The largest absolute Gasteiger partial charge is 0.368 e. The molecule has 134 valence electrons. The molecule has 0 saturated carbocycles. The van der Waals surface area contributed by atoms with Crippen molar-refractivity contribution in [2.75, 3.05) is 31.1 Å². The van der Waals surface area contributed by atoms with Crippen LogP contribution in [0.15, 0.2) is 48.5 Å². The number of carbonyl (C=O) groups is 1. The number of halogens is 1. The molecule has 26 heavy (non-hydrogen) atoms. The summed E-state index contributed by atoms with van der Waals surface area (Å²) in [5.74, 6) is 0.198. The molecule has 0 atom stereocenters. The number of para-hydroxylation sites is 1. The maximum atomic E-state index is 12.8. The molecular weight excluding hydrogens is 346 g/mol. The zero-order valence-electron chi connectivity index (χ0n) is 14.8. The monoisotopic (exact) mass is 367 g/mol. The molecule has 5 heteroatoms. The van der Waals surface area contributed by atoms with Gasteiger partial charge in [-0.1, -0.05) is 35.9 Å². The first-order valence-corrected chi connectivity index (χ1v) is 9.34. The number of carbonyl (C=O) groups excluding carboxylic acids is 1. The Labute approximate surface area is 158 Å². The van der Waals surface area contributed by atoms with Gasteiger partial charge >= 0.3 is 0 Å². The van der Waals surface area contributed by atoms with E-state index in [2.05, 4.69) is 28.1 Å². The van der Waals surface area contributed by atoms with E-state index in [1.807, 2.05) is 42.2 Å². The predicted molar refractivity (Wildman–Crippen MR) is 107 cm³/mol. The van der Waals surface area contributed by atoms with Crippen LogP contribution in [-0.4, -0.2) is 42.0 Å². The molecular formula is C21H22ClN3O. The predicted octanol–water partition coefficient (Wildman–Crippen LogP) is 4.02. The van der Waals surface area contributed by atoms with Gasteiger partial charge in [0.25, 0.3) is 0 Å². The molecule has 1 amide bonds. The molecule has 1 aliphatic rings. The summed E-state index contributed by atoms with van der Waals surface area (Å²) >= 11 is 6.09. The van der Waals surface area contributed by atoms with Crippen LogP contribution in [0, 0.1) is 6.92 Å². The van der Waals surface area contributed by atoms with Gasteiger partial charge in [0.05, 0.1) is 6.42 Å². The molecule has 2 aromatic carbocycles. The molecule has 0 aliphatic carbocycles. The first kappa shape index (κ1) is 17.0. The Kier molecular flexibility index (Phi) is 4.60. The maximum Gasteiger partial charge on any atom is 0.227 e. The van der Waals surface area contributed by atoms with Crippen molar-refractivity contribution in [3.8, 4) is 0 Å². The van der Waals surface area contributed by atoms with E-state index >= 15 is 0 Å². The Morgan fingerprint density at radius 2 is 1.85 bits per heavy atom. The molecule has 0 unspecified atom stereocenters. The number of fused-ring (bicyclic) bond motifs is 1. The molecule has 1 fully saturated rings. The fraction of sp³-hybridized carbons (Fsp3) is 0.286. The minimum absolute atomic E-state index is 0.198. The zero-order chi connectivity index (χ0) is 18.1. The van der Waals surface area contributed by atoms with Gasteiger partial charge in [0.1, 0.15) is 0 Å². The van der Waals surface area contributed by atoms with Crippen LogP contribution in [0.5, 0.6) is 0 Å². The topological polar surface area (TPSA) is 39.3 Å². The molecule has 0 radical (unpaired) electrons. The second kappa shape index (κ2) is 7.04. The number of rotatable bonds is 3. The van der Waals surface area contributed by atoms with Crippen molar-refractivity contribution >= 4 is 34.1 Å². The number of H-pyrrole nitrogens is 1. The molecule has 1 aliphatic heterocycles. The maximum absolute atomic E-state index is 12.8. The van der Waals surface area contributed by atoms with Gasteiger partial charge in [-0.25, -0.2) is 0 Å². The lowest BCUT2D eigenvalue weighted by atomic mass is 10.1. The molecule has 0 bridgehead atoms. The first-order chi connectivity index (χ1) is 12.6. The zero-order valence-corrected chi connectivity index (χ0v) is 15.6. The highest BCUT2D eigenvalue weighted by atomic mass is 35.5. The highest BCUT2D eigenvalue weighted by molar-refractivity contribution is 6.30. The number of anilines is 1. The standard InChI is InChI=1S/C21H22ClN3O/c1-15-19(18-7-2-3-8-20(18)23-15)14-21(26)25-11-9-24(10-12-25)17-6-4-5-16(22)13-17/h2-8,13,23H,9-12,14H2,1H3. The smallest absolute Gasteiger partial charge is 0.227 e. The number of hydrogen-bond donors (Lipinski definition) is 1. The first-order valence-electron chi connectivity index (χ1n) is 8.96. The Morgan fingerprint density at radius 1 is 1.08 bits per heavy atom. The number of hydrogen-bond acceptors (Lipinski definition) is 2. The molecule has 1 saturated heterocycles. The summed E-state index contributed by atoms with van der Waals surface area (Å²) in [4.78, 5) is 20.5. The van der Waals surface area contributed by atoms with Crippen LogP contribution in [0.2, 0.25) is 5.02 Å².